The largest absolute Gasteiger partial charge is 0.0776 e. The number of hydrogen-bond acceptors (Lipinski definition) is 0. The molecule has 0 rings (SSSR count). The van der Waals surface area contributed by atoms with E-state index >= 15 is 0 Å². The molecule has 1 atom stereocenters. The van der Waals surface area contributed by atoms with Crippen LogP contribution >= 0.6 is 0 Å². The molecule has 82 valence electrons. The highest BCUT2D eigenvalue weighted by molar-refractivity contribution is 4.53. The van der Waals surface area contributed by atoms with Crippen molar-refractivity contribution in [2.75, 3.05) is 0 Å². The molecule has 0 amide bonds. The summed E-state index contributed by atoms with van der Waals surface area (Å²) in [6.45, 7) is 6.96. The van der Waals surface area contributed by atoms with Gasteiger partial charge in [-0.15, -0.1) is 0 Å². The molecule has 0 aliphatic rings. The Labute approximate surface area is 86.1 Å². The third-order valence-electron chi connectivity index (χ3n) is 2.60. The third-order valence-corrected chi connectivity index (χ3v) is 2.60. The molecule has 0 spiro atoms. The number of rotatable bonds is 8. The van der Waals surface area contributed by atoms with Crippen LogP contribution in [0.1, 0.15) is 79.6 Å². The van der Waals surface area contributed by atoms with Crippen molar-refractivity contribution in [3.8, 4) is 0 Å². The Bertz CT molecular complexity index is 76.1. The zero-order valence-corrected chi connectivity index (χ0v) is 9.23. The zero-order valence-electron chi connectivity index (χ0n) is 9.23. The lowest BCUT2D eigenvalue weighted by Gasteiger charge is -2.09. The van der Waals surface area contributed by atoms with Gasteiger partial charge in [-0.05, 0) is 5.92 Å². The predicted molar refractivity (Wildman–Crippen MR) is 64.2 cm³/mol. The third kappa shape index (κ3) is 12.0. The average Bonchev–Trinajstić information content (AvgIpc) is 2.09. The van der Waals surface area contributed by atoms with Gasteiger partial charge in [-0.1, -0.05) is 79.6 Å². The van der Waals surface area contributed by atoms with Crippen molar-refractivity contribution < 1.29 is 0 Å². The maximum absolute atomic E-state index is 2.40. The minimum Gasteiger partial charge on any atom is -0.0776 e. The van der Waals surface area contributed by atoms with Gasteiger partial charge in [0, 0.05) is 0 Å². The highest BCUT2D eigenvalue weighted by atomic mass is 14.1. The number of hydrogen-bond donors (Lipinski definition) is 0. The van der Waals surface area contributed by atoms with Gasteiger partial charge in [-0.3, -0.25) is 0 Å². The number of unbranched alkanes of at least 4 members (excludes halogenated alkanes) is 4. The van der Waals surface area contributed by atoms with Crippen molar-refractivity contribution in [1.82, 2.24) is 0 Å². The van der Waals surface area contributed by atoms with E-state index in [2.05, 4.69) is 20.8 Å². The van der Waals surface area contributed by atoms with E-state index in [9.17, 15) is 0 Å². The van der Waals surface area contributed by atoms with Crippen molar-refractivity contribution in [3.63, 3.8) is 0 Å². The molecule has 0 heterocycles. The first-order valence-corrected chi connectivity index (χ1v) is 5.81. The van der Waals surface area contributed by atoms with E-state index in [1.807, 2.05) is 0 Å². The van der Waals surface area contributed by atoms with Gasteiger partial charge in [0.05, 0.1) is 0 Å². The Kier molecular flexibility index (Phi) is 14.3. The van der Waals surface area contributed by atoms with E-state index in [-0.39, 0.29) is 7.43 Å². The first kappa shape index (κ1) is 15.5. The molecule has 1 unspecified atom stereocenters. The maximum Gasteiger partial charge on any atom is -0.0443 e. The molecule has 0 heteroatoms. The fourth-order valence-electron chi connectivity index (χ4n) is 1.62. The van der Waals surface area contributed by atoms with Gasteiger partial charge in [0.1, 0.15) is 0 Å². The van der Waals surface area contributed by atoms with Crippen LogP contribution in [-0.2, 0) is 0 Å². The van der Waals surface area contributed by atoms with Crippen LogP contribution in [0.4, 0.5) is 0 Å². The monoisotopic (exact) mass is 186 g/mol. The lowest BCUT2D eigenvalue weighted by atomic mass is 9.97. The van der Waals surface area contributed by atoms with E-state index in [4.69, 9.17) is 0 Å². The van der Waals surface area contributed by atoms with Gasteiger partial charge in [-0.25, -0.2) is 0 Å². The average molecular weight is 186 g/mol. The summed E-state index contributed by atoms with van der Waals surface area (Å²) in [5, 5.41) is 0. The standard InChI is InChI=1S/C12H26.CH4/c1-4-6-8-9-11-12(3)10-7-5-2;/h12H,4-11H2,1-3H3;1H4. The molecular weight excluding hydrogens is 156 g/mol. The van der Waals surface area contributed by atoms with E-state index in [0.717, 1.165) is 5.92 Å². The lowest BCUT2D eigenvalue weighted by molar-refractivity contribution is 0.445. The van der Waals surface area contributed by atoms with E-state index in [0.29, 0.717) is 0 Å². The normalized spacial score (nSPS) is 12.2. The molecule has 0 bridgehead atoms. The summed E-state index contributed by atoms with van der Waals surface area (Å²) in [6.07, 6.45) is 11.4. The minimum absolute atomic E-state index is 0. The molecule has 0 aromatic rings. The summed E-state index contributed by atoms with van der Waals surface area (Å²) in [4.78, 5) is 0. The summed E-state index contributed by atoms with van der Waals surface area (Å²) < 4.78 is 0. The van der Waals surface area contributed by atoms with Crippen LogP contribution in [0.25, 0.3) is 0 Å². The molecular formula is C13H30. The Balaban J connectivity index is 0. The summed E-state index contributed by atoms with van der Waals surface area (Å²) in [5.41, 5.74) is 0. The smallest absolute Gasteiger partial charge is 0.0443 e. The summed E-state index contributed by atoms with van der Waals surface area (Å²) >= 11 is 0. The Hall–Kier alpha value is 0. The van der Waals surface area contributed by atoms with Gasteiger partial charge in [0.15, 0.2) is 0 Å². The summed E-state index contributed by atoms with van der Waals surface area (Å²) in [7, 11) is 0. The molecule has 0 saturated carbocycles. The first-order chi connectivity index (χ1) is 5.81. The zero-order chi connectivity index (χ0) is 9.23. The molecule has 0 saturated heterocycles. The fourth-order valence-corrected chi connectivity index (χ4v) is 1.62. The molecule has 0 nitrogen and oxygen atoms in total. The molecule has 0 aromatic carbocycles. The molecule has 0 fully saturated rings. The van der Waals surface area contributed by atoms with Crippen LogP contribution in [0.5, 0.6) is 0 Å². The molecule has 0 aliphatic carbocycles. The Morgan fingerprint density at radius 1 is 0.769 bits per heavy atom. The van der Waals surface area contributed by atoms with Crippen LogP contribution in [0, 0.1) is 5.92 Å². The van der Waals surface area contributed by atoms with E-state index in [1.54, 1.807) is 0 Å². The molecule has 0 N–H and O–H groups in total. The minimum atomic E-state index is 0. The fraction of sp³-hybridized carbons (Fsp3) is 1.00. The van der Waals surface area contributed by atoms with E-state index in [1.165, 1.54) is 51.4 Å². The van der Waals surface area contributed by atoms with Gasteiger partial charge >= 0.3 is 0 Å². The van der Waals surface area contributed by atoms with Gasteiger partial charge < -0.3 is 0 Å². The second kappa shape index (κ2) is 12.0. The van der Waals surface area contributed by atoms with Crippen molar-refractivity contribution in [2.45, 2.75) is 79.6 Å². The SMILES string of the molecule is C.CCCCCCC(C)CCCC. The van der Waals surface area contributed by atoms with Crippen LogP contribution in [0.2, 0.25) is 0 Å². The van der Waals surface area contributed by atoms with Gasteiger partial charge in [0.2, 0.25) is 0 Å². The highest BCUT2D eigenvalue weighted by Gasteiger charge is 2.00. The second-order valence-corrected chi connectivity index (χ2v) is 4.10. The van der Waals surface area contributed by atoms with Gasteiger partial charge in [0.25, 0.3) is 0 Å². The van der Waals surface area contributed by atoms with Crippen LogP contribution in [-0.4, -0.2) is 0 Å². The predicted octanol–water partition coefficient (Wildman–Crippen LogP) is 5.42. The second-order valence-electron chi connectivity index (χ2n) is 4.10. The van der Waals surface area contributed by atoms with E-state index < -0.39 is 0 Å². The van der Waals surface area contributed by atoms with Crippen molar-refractivity contribution in [2.24, 2.45) is 5.92 Å². The van der Waals surface area contributed by atoms with Crippen molar-refractivity contribution in [3.05, 3.63) is 0 Å². The molecule has 0 aliphatic heterocycles. The lowest BCUT2D eigenvalue weighted by Crippen LogP contribution is -1.94. The highest BCUT2D eigenvalue weighted by Crippen LogP contribution is 2.15. The Morgan fingerprint density at radius 3 is 1.85 bits per heavy atom. The molecule has 13 heavy (non-hydrogen) atoms. The van der Waals surface area contributed by atoms with Crippen LogP contribution < -0.4 is 0 Å². The van der Waals surface area contributed by atoms with Crippen LogP contribution in [0.3, 0.4) is 0 Å². The van der Waals surface area contributed by atoms with Crippen molar-refractivity contribution >= 4 is 0 Å². The quantitative estimate of drug-likeness (QED) is 0.444. The van der Waals surface area contributed by atoms with Crippen LogP contribution in [0.15, 0.2) is 0 Å². The molecule has 0 aromatic heterocycles. The molecule has 0 radical (unpaired) electrons. The van der Waals surface area contributed by atoms with Gasteiger partial charge in [-0.2, -0.15) is 0 Å². The maximum atomic E-state index is 2.40. The summed E-state index contributed by atoms with van der Waals surface area (Å²) in [5.74, 6) is 0.974. The topological polar surface area (TPSA) is 0 Å². The summed E-state index contributed by atoms with van der Waals surface area (Å²) in [6, 6.07) is 0. The Morgan fingerprint density at radius 2 is 1.31 bits per heavy atom. The van der Waals surface area contributed by atoms with Crippen molar-refractivity contribution in [1.29, 1.82) is 0 Å². The first-order valence-electron chi connectivity index (χ1n) is 5.81.